The van der Waals surface area contributed by atoms with Crippen molar-refractivity contribution in [1.29, 1.82) is 0 Å². The van der Waals surface area contributed by atoms with E-state index in [1.54, 1.807) is 13.0 Å². The van der Waals surface area contributed by atoms with Crippen LogP contribution in [0, 0.1) is 12.7 Å². The fourth-order valence-corrected chi connectivity index (χ4v) is 1.74. The van der Waals surface area contributed by atoms with Crippen molar-refractivity contribution < 1.29 is 9.18 Å². The Morgan fingerprint density at radius 2 is 2.00 bits per heavy atom. The molecule has 0 saturated heterocycles. The molecule has 20 heavy (non-hydrogen) atoms. The van der Waals surface area contributed by atoms with Crippen molar-refractivity contribution in [1.82, 2.24) is 10.2 Å². The molecule has 0 spiro atoms. The van der Waals surface area contributed by atoms with E-state index in [-0.39, 0.29) is 17.1 Å². The van der Waals surface area contributed by atoms with Gasteiger partial charge in [-0.15, -0.1) is 0 Å². The fraction of sp³-hybridized carbons (Fsp3) is 0.333. The molecule has 0 aliphatic rings. The van der Waals surface area contributed by atoms with E-state index in [0.29, 0.717) is 16.9 Å². The van der Waals surface area contributed by atoms with Gasteiger partial charge in [-0.3, -0.25) is 9.89 Å². The minimum atomic E-state index is -0.323. The number of rotatable bonds is 2. The first kappa shape index (κ1) is 14.2. The molecule has 2 aromatic rings. The Kier molecular flexibility index (Phi) is 3.61. The standard InChI is InChI=1S/C15H18FN3O/c1-9-7-10(5-6-11(9)16)14(20)17-13-8-12(18-19-13)15(2,3)4/h5-8H,1-4H3,(H2,17,18,19,20). The number of amides is 1. The Bertz CT molecular complexity index is 641. The van der Waals surface area contributed by atoms with E-state index in [9.17, 15) is 9.18 Å². The lowest BCUT2D eigenvalue weighted by Gasteiger charge is -2.14. The van der Waals surface area contributed by atoms with Crippen molar-refractivity contribution >= 4 is 11.7 Å². The van der Waals surface area contributed by atoms with Gasteiger partial charge in [0, 0.05) is 22.7 Å². The van der Waals surface area contributed by atoms with E-state index in [4.69, 9.17) is 0 Å². The Morgan fingerprint density at radius 1 is 1.30 bits per heavy atom. The van der Waals surface area contributed by atoms with Gasteiger partial charge in [0.1, 0.15) is 5.82 Å². The molecule has 1 amide bonds. The normalized spacial score (nSPS) is 11.4. The molecule has 1 aromatic heterocycles. The van der Waals surface area contributed by atoms with E-state index >= 15 is 0 Å². The van der Waals surface area contributed by atoms with Crippen molar-refractivity contribution in [2.45, 2.75) is 33.1 Å². The van der Waals surface area contributed by atoms with E-state index in [1.165, 1.54) is 18.2 Å². The van der Waals surface area contributed by atoms with Crippen molar-refractivity contribution in [2.75, 3.05) is 5.32 Å². The first-order valence-corrected chi connectivity index (χ1v) is 6.41. The maximum atomic E-state index is 13.2. The minimum absolute atomic E-state index is 0.0670. The van der Waals surface area contributed by atoms with E-state index in [0.717, 1.165) is 5.69 Å². The van der Waals surface area contributed by atoms with E-state index in [2.05, 4.69) is 36.3 Å². The Labute approximate surface area is 117 Å². The molecule has 0 atom stereocenters. The van der Waals surface area contributed by atoms with Crippen molar-refractivity contribution in [3.63, 3.8) is 0 Å². The van der Waals surface area contributed by atoms with Crippen LogP contribution in [0.1, 0.15) is 42.4 Å². The average molecular weight is 275 g/mol. The zero-order valence-corrected chi connectivity index (χ0v) is 12.0. The zero-order chi connectivity index (χ0) is 14.9. The van der Waals surface area contributed by atoms with Gasteiger partial charge in [-0.1, -0.05) is 20.8 Å². The van der Waals surface area contributed by atoms with Crippen LogP contribution in [0.3, 0.4) is 0 Å². The number of nitrogens with one attached hydrogen (secondary N) is 2. The lowest BCUT2D eigenvalue weighted by molar-refractivity contribution is 0.102. The highest BCUT2D eigenvalue weighted by atomic mass is 19.1. The van der Waals surface area contributed by atoms with Crippen LogP contribution in [0.15, 0.2) is 24.3 Å². The summed E-state index contributed by atoms with van der Waals surface area (Å²) in [5.74, 6) is -0.168. The molecular weight excluding hydrogens is 257 g/mol. The third-order valence-corrected chi connectivity index (χ3v) is 3.05. The maximum Gasteiger partial charge on any atom is 0.256 e. The highest BCUT2D eigenvalue weighted by Crippen LogP contribution is 2.22. The van der Waals surface area contributed by atoms with Crippen LogP contribution in [-0.4, -0.2) is 16.1 Å². The number of benzene rings is 1. The molecule has 0 unspecified atom stereocenters. The van der Waals surface area contributed by atoms with Crippen LogP contribution in [0.5, 0.6) is 0 Å². The summed E-state index contributed by atoms with van der Waals surface area (Å²) >= 11 is 0. The SMILES string of the molecule is Cc1cc(C(=O)Nc2cc(C(C)(C)C)[nH]n2)ccc1F. The number of carbonyl (C=O) groups excluding carboxylic acids is 1. The first-order valence-electron chi connectivity index (χ1n) is 6.41. The van der Waals surface area contributed by atoms with Crippen LogP contribution in [0.2, 0.25) is 0 Å². The summed E-state index contributed by atoms with van der Waals surface area (Å²) in [5, 5.41) is 9.65. The summed E-state index contributed by atoms with van der Waals surface area (Å²) in [6.45, 7) is 7.78. The molecule has 0 radical (unpaired) electrons. The number of hydrogen-bond acceptors (Lipinski definition) is 2. The van der Waals surface area contributed by atoms with Crippen molar-refractivity contribution in [3.05, 3.63) is 46.9 Å². The monoisotopic (exact) mass is 275 g/mol. The van der Waals surface area contributed by atoms with Crippen LogP contribution in [0.25, 0.3) is 0 Å². The van der Waals surface area contributed by atoms with Gasteiger partial charge in [0.15, 0.2) is 5.82 Å². The second-order valence-electron chi connectivity index (χ2n) is 5.83. The lowest BCUT2D eigenvalue weighted by atomic mass is 9.92. The first-order chi connectivity index (χ1) is 9.27. The second kappa shape index (κ2) is 5.07. The number of aromatic amines is 1. The summed E-state index contributed by atoms with van der Waals surface area (Å²) in [6, 6.07) is 6.06. The van der Waals surface area contributed by atoms with Gasteiger partial charge in [-0.05, 0) is 30.7 Å². The van der Waals surface area contributed by atoms with Crippen LogP contribution in [-0.2, 0) is 5.41 Å². The molecule has 1 heterocycles. The Hall–Kier alpha value is -2.17. The highest BCUT2D eigenvalue weighted by molar-refractivity contribution is 6.03. The van der Waals surface area contributed by atoms with Gasteiger partial charge in [-0.25, -0.2) is 4.39 Å². The predicted octanol–water partition coefficient (Wildman–Crippen LogP) is 3.41. The largest absolute Gasteiger partial charge is 0.305 e. The molecular formula is C15H18FN3O. The summed E-state index contributed by atoms with van der Waals surface area (Å²) < 4.78 is 13.2. The van der Waals surface area contributed by atoms with Crippen LogP contribution < -0.4 is 5.32 Å². The maximum absolute atomic E-state index is 13.2. The number of aromatic nitrogens is 2. The Balaban J connectivity index is 2.15. The molecule has 0 aliphatic carbocycles. The molecule has 2 rings (SSSR count). The fourth-order valence-electron chi connectivity index (χ4n) is 1.74. The van der Waals surface area contributed by atoms with E-state index in [1.807, 2.05) is 0 Å². The van der Waals surface area contributed by atoms with Crippen LogP contribution >= 0.6 is 0 Å². The molecule has 0 aliphatic heterocycles. The van der Waals surface area contributed by atoms with Gasteiger partial charge in [0.25, 0.3) is 5.91 Å². The number of halogens is 1. The Morgan fingerprint density at radius 3 is 2.55 bits per heavy atom. The summed E-state index contributed by atoms with van der Waals surface area (Å²) in [4.78, 5) is 12.0. The molecule has 5 heteroatoms. The number of H-pyrrole nitrogens is 1. The number of aryl methyl sites for hydroxylation is 1. The highest BCUT2D eigenvalue weighted by Gasteiger charge is 2.17. The number of nitrogens with zero attached hydrogens (tertiary/aromatic N) is 1. The quantitative estimate of drug-likeness (QED) is 0.882. The predicted molar refractivity (Wildman–Crippen MR) is 76.4 cm³/mol. The number of hydrogen-bond donors (Lipinski definition) is 2. The molecule has 1 aromatic carbocycles. The van der Waals surface area contributed by atoms with Crippen molar-refractivity contribution in [3.8, 4) is 0 Å². The van der Waals surface area contributed by atoms with Gasteiger partial charge < -0.3 is 5.32 Å². The minimum Gasteiger partial charge on any atom is -0.305 e. The lowest BCUT2D eigenvalue weighted by Crippen LogP contribution is -2.13. The molecule has 0 saturated carbocycles. The topological polar surface area (TPSA) is 57.8 Å². The number of anilines is 1. The summed E-state index contributed by atoms with van der Waals surface area (Å²) in [6.07, 6.45) is 0. The van der Waals surface area contributed by atoms with Crippen LogP contribution in [0.4, 0.5) is 10.2 Å². The average Bonchev–Trinajstić information content (AvgIpc) is 2.81. The number of carbonyl (C=O) groups is 1. The smallest absolute Gasteiger partial charge is 0.256 e. The third-order valence-electron chi connectivity index (χ3n) is 3.05. The zero-order valence-electron chi connectivity index (χ0n) is 12.0. The second-order valence-corrected chi connectivity index (χ2v) is 5.83. The molecule has 4 nitrogen and oxygen atoms in total. The van der Waals surface area contributed by atoms with Crippen molar-refractivity contribution in [2.24, 2.45) is 0 Å². The summed E-state index contributed by atoms with van der Waals surface area (Å²) in [7, 11) is 0. The van der Waals surface area contributed by atoms with E-state index < -0.39 is 0 Å². The molecule has 0 bridgehead atoms. The molecule has 106 valence electrons. The van der Waals surface area contributed by atoms with Gasteiger partial charge in [0.05, 0.1) is 0 Å². The molecule has 2 N–H and O–H groups in total. The van der Waals surface area contributed by atoms with Gasteiger partial charge in [0.2, 0.25) is 0 Å². The van der Waals surface area contributed by atoms with Gasteiger partial charge in [-0.2, -0.15) is 5.10 Å². The third kappa shape index (κ3) is 3.04. The molecule has 0 fully saturated rings. The summed E-state index contributed by atoms with van der Waals surface area (Å²) in [5.41, 5.74) is 1.71. The van der Waals surface area contributed by atoms with Gasteiger partial charge >= 0.3 is 0 Å².